The average molecular weight is 349 g/mol. The van der Waals surface area contributed by atoms with E-state index in [1.165, 1.54) is 6.07 Å². The molecule has 0 bridgehead atoms. The van der Waals surface area contributed by atoms with E-state index >= 15 is 0 Å². The Morgan fingerprint density at radius 3 is 2.28 bits per heavy atom. The molecule has 2 aromatic rings. The van der Waals surface area contributed by atoms with E-state index in [0.29, 0.717) is 12.1 Å². The molecule has 0 aliphatic rings. The fourth-order valence-electron chi connectivity index (χ4n) is 2.62. The number of hydrogen-bond acceptors (Lipinski definition) is 1. The van der Waals surface area contributed by atoms with Crippen molar-refractivity contribution in [3.05, 3.63) is 71.3 Å². The fourth-order valence-corrected chi connectivity index (χ4v) is 2.62. The number of amides is 1. The van der Waals surface area contributed by atoms with Crippen molar-refractivity contribution in [1.82, 2.24) is 4.90 Å². The van der Waals surface area contributed by atoms with Gasteiger partial charge >= 0.3 is 6.18 Å². The number of rotatable bonds is 6. The van der Waals surface area contributed by atoms with Crippen molar-refractivity contribution in [3.8, 4) is 0 Å². The maximum absolute atomic E-state index is 12.8. The Morgan fingerprint density at radius 2 is 1.68 bits per heavy atom. The first kappa shape index (κ1) is 19.0. The Morgan fingerprint density at radius 1 is 1.04 bits per heavy atom. The minimum atomic E-state index is -4.40. The lowest BCUT2D eigenvalue weighted by atomic mass is 10.1. The summed E-state index contributed by atoms with van der Waals surface area (Å²) >= 11 is 0. The number of alkyl halides is 3. The average Bonchev–Trinajstić information content (AvgIpc) is 2.59. The van der Waals surface area contributed by atoms with Crippen molar-refractivity contribution in [2.75, 3.05) is 0 Å². The molecule has 0 aliphatic heterocycles. The Kier molecular flexibility index (Phi) is 6.23. The molecule has 2 aromatic carbocycles. The molecule has 0 radical (unpaired) electrons. The Bertz CT molecular complexity index is 698. The number of carbonyl (C=O) groups excluding carboxylic acids is 1. The topological polar surface area (TPSA) is 20.3 Å². The van der Waals surface area contributed by atoms with E-state index in [1.54, 1.807) is 11.0 Å². The van der Waals surface area contributed by atoms with Crippen LogP contribution in [0.15, 0.2) is 54.6 Å². The number of carbonyl (C=O) groups is 1. The molecule has 0 saturated heterocycles. The predicted molar refractivity (Wildman–Crippen MR) is 91.9 cm³/mol. The lowest BCUT2D eigenvalue weighted by Gasteiger charge is -2.29. The van der Waals surface area contributed by atoms with Crippen molar-refractivity contribution in [1.29, 1.82) is 0 Å². The molecule has 1 unspecified atom stereocenters. The summed E-state index contributed by atoms with van der Waals surface area (Å²) in [5.74, 6) is -0.169. The molecule has 0 saturated carbocycles. The fraction of sp³-hybridized carbons (Fsp3) is 0.350. The molecule has 0 N–H and O–H groups in total. The van der Waals surface area contributed by atoms with E-state index in [9.17, 15) is 18.0 Å². The van der Waals surface area contributed by atoms with Crippen LogP contribution < -0.4 is 0 Å². The van der Waals surface area contributed by atoms with Gasteiger partial charge in [-0.3, -0.25) is 4.79 Å². The summed E-state index contributed by atoms with van der Waals surface area (Å²) in [6, 6.07) is 14.6. The van der Waals surface area contributed by atoms with Gasteiger partial charge in [-0.1, -0.05) is 55.5 Å². The van der Waals surface area contributed by atoms with Gasteiger partial charge in [-0.25, -0.2) is 0 Å². The number of benzene rings is 2. The van der Waals surface area contributed by atoms with E-state index in [1.807, 2.05) is 44.2 Å². The summed E-state index contributed by atoms with van der Waals surface area (Å²) in [6.07, 6.45) is -3.66. The summed E-state index contributed by atoms with van der Waals surface area (Å²) in [4.78, 5) is 14.5. The highest BCUT2D eigenvalue weighted by Gasteiger charge is 2.30. The SMILES string of the molecule is CCC(C)N(Cc1ccccc1)C(=O)Cc1cccc(C(F)(F)F)c1. The first-order chi connectivity index (χ1) is 11.8. The molecule has 0 aromatic heterocycles. The summed E-state index contributed by atoms with van der Waals surface area (Å²) in [6.45, 7) is 4.39. The van der Waals surface area contributed by atoms with Gasteiger partial charge in [0.15, 0.2) is 0 Å². The highest BCUT2D eigenvalue weighted by atomic mass is 19.4. The zero-order valence-corrected chi connectivity index (χ0v) is 14.4. The molecule has 1 atom stereocenters. The number of nitrogens with zero attached hydrogens (tertiary/aromatic N) is 1. The van der Waals surface area contributed by atoms with Crippen molar-refractivity contribution in [2.45, 2.75) is 45.5 Å². The molecule has 2 nitrogen and oxygen atoms in total. The van der Waals surface area contributed by atoms with Crippen LogP contribution >= 0.6 is 0 Å². The van der Waals surface area contributed by atoms with Crippen molar-refractivity contribution >= 4 is 5.91 Å². The standard InChI is InChI=1S/C20H22F3NO/c1-3-15(2)24(14-16-8-5-4-6-9-16)19(25)13-17-10-7-11-18(12-17)20(21,22)23/h4-12,15H,3,13-14H2,1-2H3. The van der Waals surface area contributed by atoms with Gasteiger partial charge in [-0.15, -0.1) is 0 Å². The lowest BCUT2D eigenvalue weighted by Crippen LogP contribution is -2.38. The smallest absolute Gasteiger partial charge is 0.335 e. The van der Waals surface area contributed by atoms with Crippen LogP contribution in [0.2, 0.25) is 0 Å². The molecule has 134 valence electrons. The van der Waals surface area contributed by atoms with Gasteiger partial charge < -0.3 is 4.90 Å². The first-order valence-corrected chi connectivity index (χ1v) is 8.30. The van der Waals surface area contributed by atoms with E-state index in [4.69, 9.17) is 0 Å². The van der Waals surface area contributed by atoms with Crippen LogP contribution in [0.1, 0.15) is 37.0 Å². The van der Waals surface area contributed by atoms with Crippen LogP contribution in [-0.2, 0) is 23.9 Å². The maximum Gasteiger partial charge on any atom is 0.416 e. The molecule has 0 aliphatic carbocycles. The lowest BCUT2D eigenvalue weighted by molar-refractivity contribution is -0.138. The van der Waals surface area contributed by atoms with Crippen LogP contribution in [0.4, 0.5) is 13.2 Å². The minimum Gasteiger partial charge on any atom is -0.335 e. The second-order valence-electron chi connectivity index (χ2n) is 6.14. The molecule has 25 heavy (non-hydrogen) atoms. The highest BCUT2D eigenvalue weighted by Crippen LogP contribution is 2.29. The van der Waals surface area contributed by atoms with E-state index in [2.05, 4.69) is 0 Å². The Balaban J connectivity index is 2.17. The van der Waals surface area contributed by atoms with Crippen LogP contribution in [0.5, 0.6) is 0 Å². The third-order valence-electron chi connectivity index (χ3n) is 4.25. The monoisotopic (exact) mass is 349 g/mol. The van der Waals surface area contributed by atoms with Crippen LogP contribution in [0.25, 0.3) is 0 Å². The second-order valence-corrected chi connectivity index (χ2v) is 6.14. The van der Waals surface area contributed by atoms with Gasteiger partial charge in [0.1, 0.15) is 0 Å². The summed E-state index contributed by atoms with van der Waals surface area (Å²) in [5, 5.41) is 0. The van der Waals surface area contributed by atoms with Gasteiger partial charge in [-0.2, -0.15) is 13.2 Å². The van der Waals surface area contributed by atoms with Gasteiger partial charge in [0, 0.05) is 12.6 Å². The van der Waals surface area contributed by atoms with Crippen molar-refractivity contribution in [3.63, 3.8) is 0 Å². The second kappa shape index (κ2) is 8.19. The molecule has 5 heteroatoms. The third kappa shape index (κ3) is 5.34. The van der Waals surface area contributed by atoms with Crippen LogP contribution in [0, 0.1) is 0 Å². The predicted octanol–water partition coefficient (Wildman–Crippen LogP) is 5.08. The zero-order valence-electron chi connectivity index (χ0n) is 14.4. The summed E-state index contributed by atoms with van der Waals surface area (Å²) in [5.41, 5.74) is 0.650. The number of hydrogen-bond donors (Lipinski definition) is 0. The summed E-state index contributed by atoms with van der Waals surface area (Å²) in [7, 11) is 0. The Labute approximate surface area is 146 Å². The van der Waals surface area contributed by atoms with Gasteiger partial charge in [0.2, 0.25) is 5.91 Å². The largest absolute Gasteiger partial charge is 0.416 e. The maximum atomic E-state index is 12.8. The van der Waals surface area contributed by atoms with E-state index < -0.39 is 11.7 Å². The first-order valence-electron chi connectivity index (χ1n) is 8.30. The molecule has 0 spiro atoms. The summed E-state index contributed by atoms with van der Waals surface area (Å²) < 4.78 is 38.5. The van der Waals surface area contributed by atoms with Gasteiger partial charge in [0.25, 0.3) is 0 Å². The molecule has 0 fully saturated rings. The van der Waals surface area contributed by atoms with Gasteiger partial charge in [-0.05, 0) is 30.5 Å². The normalized spacial score (nSPS) is 12.7. The number of halogens is 3. The van der Waals surface area contributed by atoms with Crippen LogP contribution in [0.3, 0.4) is 0 Å². The molecule has 2 rings (SSSR count). The third-order valence-corrected chi connectivity index (χ3v) is 4.25. The zero-order chi connectivity index (χ0) is 18.4. The molecular weight excluding hydrogens is 327 g/mol. The Hall–Kier alpha value is -2.30. The van der Waals surface area contributed by atoms with Crippen LogP contribution in [-0.4, -0.2) is 16.8 Å². The van der Waals surface area contributed by atoms with E-state index in [0.717, 1.165) is 24.1 Å². The highest BCUT2D eigenvalue weighted by molar-refractivity contribution is 5.79. The quantitative estimate of drug-likeness (QED) is 0.712. The van der Waals surface area contributed by atoms with Gasteiger partial charge in [0.05, 0.1) is 12.0 Å². The minimum absolute atomic E-state index is 0.0125. The van der Waals surface area contributed by atoms with Crippen molar-refractivity contribution < 1.29 is 18.0 Å². The van der Waals surface area contributed by atoms with Crippen molar-refractivity contribution in [2.24, 2.45) is 0 Å². The van der Waals surface area contributed by atoms with E-state index in [-0.39, 0.29) is 18.4 Å². The molecular formula is C20H22F3NO. The molecule has 1 amide bonds. The molecule has 0 heterocycles.